The highest BCUT2D eigenvalue weighted by atomic mass is 19.2. The molecule has 3 aromatic rings. The van der Waals surface area contributed by atoms with Crippen molar-refractivity contribution in [2.24, 2.45) is 5.92 Å². The number of hydrogen-bond acceptors (Lipinski definition) is 8. The SMILES string of the molecule is O=C(O)C1CCN(c2nnc(-c3cnc(NC4Cc5cc(F)c(F)cc5C4)nc3)o2)C1. The number of hydrogen-bond donors (Lipinski definition) is 2. The van der Waals surface area contributed by atoms with Gasteiger partial charge in [0.1, 0.15) is 0 Å². The summed E-state index contributed by atoms with van der Waals surface area (Å²) in [6, 6.07) is 2.68. The zero-order valence-electron chi connectivity index (χ0n) is 16.3. The van der Waals surface area contributed by atoms with Crippen molar-refractivity contribution in [3.63, 3.8) is 0 Å². The molecule has 2 aliphatic rings. The molecule has 11 heteroatoms. The molecule has 1 fully saturated rings. The molecule has 1 atom stereocenters. The maximum atomic E-state index is 13.4. The number of fused-ring (bicyclic) bond motifs is 1. The number of benzene rings is 1. The van der Waals surface area contributed by atoms with Gasteiger partial charge >= 0.3 is 12.0 Å². The van der Waals surface area contributed by atoms with Crippen molar-refractivity contribution in [1.82, 2.24) is 20.2 Å². The van der Waals surface area contributed by atoms with Gasteiger partial charge in [-0.3, -0.25) is 4.79 Å². The van der Waals surface area contributed by atoms with Gasteiger partial charge in [0, 0.05) is 31.5 Å². The lowest BCUT2D eigenvalue weighted by Gasteiger charge is -2.11. The Morgan fingerprint density at radius 2 is 1.81 bits per heavy atom. The number of carboxylic acid groups (broad SMARTS) is 1. The number of rotatable bonds is 5. The molecule has 0 spiro atoms. The van der Waals surface area contributed by atoms with Gasteiger partial charge in [0.15, 0.2) is 11.6 Å². The van der Waals surface area contributed by atoms with Crippen molar-refractivity contribution >= 4 is 17.9 Å². The Kier molecular flexibility index (Phi) is 4.72. The Labute approximate surface area is 175 Å². The fourth-order valence-corrected chi connectivity index (χ4v) is 4.01. The topological polar surface area (TPSA) is 117 Å². The summed E-state index contributed by atoms with van der Waals surface area (Å²) in [6.45, 7) is 0.865. The van der Waals surface area contributed by atoms with Gasteiger partial charge in [-0.2, -0.15) is 0 Å². The maximum Gasteiger partial charge on any atom is 0.318 e. The fourth-order valence-electron chi connectivity index (χ4n) is 4.01. The van der Waals surface area contributed by atoms with E-state index >= 15 is 0 Å². The van der Waals surface area contributed by atoms with Crippen LogP contribution in [0.25, 0.3) is 11.5 Å². The molecule has 0 saturated carbocycles. The van der Waals surface area contributed by atoms with E-state index in [1.807, 2.05) is 0 Å². The molecule has 160 valence electrons. The number of anilines is 2. The Morgan fingerprint density at radius 1 is 1.13 bits per heavy atom. The predicted octanol–water partition coefficient (Wildman–Crippen LogP) is 2.29. The lowest BCUT2D eigenvalue weighted by atomic mass is 10.1. The first kappa shape index (κ1) is 19.3. The molecule has 3 heterocycles. The van der Waals surface area contributed by atoms with E-state index in [4.69, 9.17) is 9.52 Å². The van der Waals surface area contributed by atoms with Crippen LogP contribution in [0.2, 0.25) is 0 Å². The van der Waals surface area contributed by atoms with E-state index in [0.29, 0.717) is 43.9 Å². The summed E-state index contributed by atoms with van der Waals surface area (Å²) >= 11 is 0. The standard InChI is InChI=1S/C20H18F2N6O3/c21-15-5-11-3-14(4-12(11)6-16(15)22)25-19-23-7-13(8-24-19)17-26-27-20(31-17)28-2-1-10(9-28)18(29)30/h5-8,10,14H,1-4,9H2,(H,29,30)(H,23,24,25). The number of nitrogens with zero attached hydrogens (tertiary/aromatic N) is 5. The summed E-state index contributed by atoms with van der Waals surface area (Å²) in [7, 11) is 0. The summed E-state index contributed by atoms with van der Waals surface area (Å²) in [5.41, 5.74) is 2.08. The summed E-state index contributed by atoms with van der Waals surface area (Å²) in [5, 5.41) is 20.3. The average molecular weight is 428 g/mol. The smallest absolute Gasteiger partial charge is 0.318 e. The third-order valence-electron chi connectivity index (χ3n) is 5.63. The molecule has 0 bridgehead atoms. The Hall–Kier alpha value is -3.63. The monoisotopic (exact) mass is 428 g/mol. The van der Waals surface area contributed by atoms with E-state index in [2.05, 4.69) is 25.5 Å². The molecule has 0 radical (unpaired) electrons. The van der Waals surface area contributed by atoms with E-state index in [0.717, 1.165) is 11.1 Å². The number of carboxylic acids is 1. The highest BCUT2D eigenvalue weighted by Gasteiger charge is 2.31. The quantitative estimate of drug-likeness (QED) is 0.631. The van der Waals surface area contributed by atoms with Crippen LogP contribution in [-0.2, 0) is 17.6 Å². The lowest BCUT2D eigenvalue weighted by molar-refractivity contribution is -0.140. The zero-order chi connectivity index (χ0) is 21.5. The summed E-state index contributed by atoms with van der Waals surface area (Å²) < 4.78 is 32.5. The molecule has 0 amide bonds. The number of aromatic nitrogens is 4. The number of halogens is 2. The molecular formula is C20H18F2N6O3. The van der Waals surface area contributed by atoms with Gasteiger partial charge in [-0.05, 0) is 42.5 Å². The van der Waals surface area contributed by atoms with E-state index < -0.39 is 23.5 Å². The van der Waals surface area contributed by atoms with Gasteiger partial charge in [0.25, 0.3) is 5.89 Å². The number of carbonyl (C=O) groups is 1. The average Bonchev–Trinajstić information content (AvgIpc) is 3.48. The maximum absolute atomic E-state index is 13.4. The van der Waals surface area contributed by atoms with E-state index in [1.54, 1.807) is 4.90 Å². The molecule has 1 aliphatic heterocycles. The second-order valence-electron chi connectivity index (χ2n) is 7.74. The molecule has 2 N–H and O–H groups in total. The molecule has 2 aromatic heterocycles. The zero-order valence-corrected chi connectivity index (χ0v) is 16.3. The van der Waals surface area contributed by atoms with Gasteiger partial charge in [-0.1, -0.05) is 5.10 Å². The van der Waals surface area contributed by atoms with Gasteiger partial charge in [-0.25, -0.2) is 18.7 Å². The highest BCUT2D eigenvalue weighted by molar-refractivity contribution is 5.71. The third kappa shape index (κ3) is 3.78. The molecule has 9 nitrogen and oxygen atoms in total. The minimum Gasteiger partial charge on any atom is -0.481 e. The van der Waals surface area contributed by atoms with Gasteiger partial charge in [-0.15, -0.1) is 5.10 Å². The van der Waals surface area contributed by atoms with Gasteiger partial charge in [0.05, 0.1) is 11.5 Å². The lowest BCUT2D eigenvalue weighted by Crippen LogP contribution is -2.22. The van der Waals surface area contributed by atoms with Crippen LogP contribution in [0, 0.1) is 17.6 Å². The first-order valence-corrected chi connectivity index (χ1v) is 9.83. The summed E-state index contributed by atoms with van der Waals surface area (Å²) in [5.74, 6) is -2.35. The first-order chi connectivity index (χ1) is 15.0. The molecular weight excluding hydrogens is 410 g/mol. The second-order valence-corrected chi connectivity index (χ2v) is 7.74. The second kappa shape index (κ2) is 7.56. The van der Waals surface area contributed by atoms with Gasteiger partial charge in [0.2, 0.25) is 5.95 Å². The van der Waals surface area contributed by atoms with Crippen molar-refractivity contribution in [3.05, 3.63) is 47.3 Å². The summed E-state index contributed by atoms with van der Waals surface area (Å²) in [6.07, 6.45) is 4.71. The number of aliphatic carboxylic acids is 1. The van der Waals surface area contributed by atoms with E-state index in [9.17, 15) is 13.6 Å². The van der Waals surface area contributed by atoms with Crippen molar-refractivity contribution in [2.45, 2.75) is 25.3 Å². The molecule has 31 heavy (non-hydrogen) atoms. The van der Waals surface area contributed by atoms with Crippen LogP contribution in [-0.4, -0.2) is 50.4 Å². The van der Waals surface area contributed by atoms with Crippen LogP contribution in [0.5, 0.6) is 0 Å². The largest absolute Gasteiger partial charge is 0.481 e. The van der Waals surface area contributed by atoms with Crippen LogP contribution in [0.3, 0.4) is 0 Å². The van der Waals surface area contributed by atoms with Crippen LogP contribution in [0.1, 0.15) is 17.5 Å². The predicted molar refractivity (Wildman–Crippen MR) is 104 cm³/mol. The molecule has 1 aromatic carbocycles. The van der Waals surface area contributed by atoms with Crippen molar-refractivity contribution in [1.29, 1.82) is 0 Å². The normalized spacial score (nSPS) is 18.4. The fraction of sp³-hybridized carbons (Fsp3) is 0.350. The van der Waals surface area contributed by atoms with Crippen LogP contribution < -0.4 is 10.2 Å². The first-order valence-electron chi connectivity index (χ1n) is 9.83. The summed E-state index contributed by atoms with van der Waals surface area (Å²) in [4.78, 5) is 21.4. The van der Waals surface area contributed by atoms with Crippen molar-refractivity contribution in [2.75, 3.05) is 23.3 Å². The molecule has 1 aliphatic carbocycles. The molecule has 1 saturated heterocycles. The third-order valence-corrected chi connectivity index (χ3v) is 5.63. The van der Waals surface area contributed by atoms with Crippen LogP contribution >= 0.6 is 0 Å². The van der Waals surface area contributed by atoms with Gasteiger partial charge < -0.3 is 19.7 Å². The van der Waals surface area contributed by atoms with Crippen molar-refractivity contribution < 1.29 is 23.1 Å². The van der Waals surface area contributed by atoms with Crippen LogP contribution in [0.4, 0.5) is 20.7 Å². The minimum atomic E-state index is -0.841. The minimum absolute atomic E-state index is 0.0607. The Morgan fingerprint density at radius 3 is 2.42 bits per heavy atom. The number of nitrogens with one attached hydrogen (secondary N) is 1. The van der Waals surface area contributed by atoms with Crippen LogP contribution in [0.15, 0.2) is 28.9 Å². The van der Waals surface area contributed by atoms with E-state index in [-0.39, 0.29) is 17.9 Å². The van der Waals surface area contributed by atoms with E-state index in [1.165, 1.54) is 24.5 Å². The Balaban J connectivity index is 1.23. The van der Waals surface area contributed by atoms with Crippen molar-refractivity contribution in [3.8, 4) is 11.5 Å². The molecule has 5 rings (SSSR count). The Bertz CT molecular complexity index is 1110. The molecule has 1 unspecified atom stereocenters. The highest BCUT2D eigenvalue weighted by Crippen LogP contribution is 2.28.